The Kier molecular flexibility index (Phi) is 4.08. The molecule has 0 spiro atoms. The zero-order chi connectivity index (χ0) is 26.8. The van der Waals surface area contributed by atoms with Crippen LogP contribution in [-0.2, 0) is 19.3 Å². The molecule has 35 heavy (non-hydrogen) atoms. The van der Waals surface area contributed by atoms with Crippen LogP contribution in [0.15, 0.2) is 59.1 Å². The van der Waals surface area contributed by atoms with E-state index in [1.165, 1.54) is 0 Å². The molecule has 1 aliphatic carbocycles. The minimum Gasteiger partial charge on any atom is -0.451 e. The van der Waals surface area contributed by atoms with Crippen molar-refractivity contribution in [3.05, 3.63) is 88.4 Å². The van der Waals surface area contributed by atoms with Gasteiger partial charge in [0.15, 0.2) is 5.58 Å². The topological polar surface area (TPSA) is 43.3 Å². The Bertz CT molecular complexity index is 1770. The van der Waals surface area contributed by atoms with E-state index >= 15 is 0 Å². The first-order valence-corrected chi connectivity index (χ1v) is 11.9. The molecule has 3 heterocycles. The number of pyridine rings is 2. The third-order valence-corrected chi connectivity index (χ3v) is 6.76. The average molecular weight is 461 g/mol. The molecule has 0 aliphatic heterocycles. The Morgan fingerprint density at radius 2 is 1.83 bits per heavy atom. The summed E-state index contributed by atoms with van der Waals surface area (Å²) in [4.78, 5) is 13.0. The first-order chi connectivity index (χ1) is 18.0. The van der Waals surface area contributed by atoms with Crippen LogP contribution in [0.25, 0.3) is 49.3 Å². The number of aryl methyl sites for hydroxylation is 2. The first-order valence-electron chi connectivity index (χ1n) is 13.4. The summed E-state index contributed by atoms with van der Waals surface area (Å²) in [7, 11) is 0. The van der Waals surface area contributed by atoms with Gasteiger partial charge in [-0.2, -0.15) is 0 Å². The third kappa shape index (κ3) is 3.51. The molecule has 0 saturated carbocycles. The van der Waals surface area contributed by atoms with E-state index in [1.54, 1.807) is 12.3 Å². The lowest BCUT2D eigenvalue weighted by molar-refractivity contribution is 0.408. The number of rotatable bonds is 2. The van der Waals surface area contributed by atoms with Crippen LogP contribution in [0, 0.1) is 18.8 Å². The van der Waals surface area contributed by atoms with Crippen LogP contribution in [0.3, 0.4) is 0 Å². The zero-order valence-electron chi connectivity index (χ0n) is 23.1. The zero-order valence-corrected chi connectivity index (χ0v) is 20.1. The summed E-state index contributed by atoms with van der Waals surface area (Å²) >= 11 is 0. The minimum absolute atomic E-state index is 0.0712. The minimum atomic E-state index is -2.22. The number of hydrogen-bond donors (Lipinski definition) is 0. The van der Waals surface area contributed by atoms with E-state index in [4.69, 9.17) is 20.1 Å². The summed E-state index contributed by atoms with van der Waals surface area (Å²) in [6.07, 6.45) is 3.60. The largest absolute Gasteiger partial charge is 0.451 e. The van der Waals surface area contributed by atoms with Gasteiger partial charge in [-0.25, -0.2) is 0 Å². The molecule has 172 valence electrons. The molecule has 2 aromatic carbocycles. The summed E-state index contributed by atoms with van der Waals surface area (Å²) in [5.41, 5.74) is 8.96. The summed E-state index contributed by atoms with van der Waals surface area (Å²) in [6, 6.07) is 15.7. The van der Waals surface area contributed by atoms with Gasteiger partial charge in [-0.1, -0.05) is 63.7 Å². The molecule has 1 aliphatic rings. The summed E-state index contributed by atoms with van der Waals surface area (Å²) < 4.78 is 30.9. The number of fused-ring (bicyclic) bond motifs is 7. The second kappa shape index (κ2) is 7.78. The number of nitrogens with zero attached hydrogens (tertiary/aromatic N) is 3. The Labute approximate surface area is 209 Å². The molecule has 0 radical (unpaired) electrons. The third-order valence-electron chi connectivity index (χ3n) is 6.76. The molecule has 0 N–H and O–H groups in total. The second-order valence-electron chi connectivity index (χ2n) is 10.5. The summed E-state index contributed by atoms with van der Waals surface area (Å²) in [6.45, 7) is 11.8. The van der Waals surface area contributed by atoms with Crippen molar-refractivity contribution < 1.29 is 8.53 Å². The Morgan fingerprint density at radius 1 is 1.03 bits per heavy atom. The predicted octanol–water partition coefficient (Wildman–Crippen LogP) is 8.26. The standard InChI is InChI=1S/C31H27N3O/c1-18-17-33-27-20-12-14-23-28-30(24(15-26(32-5)34-28)19-9-7-6-8-10-19)35-29(23)22(20)13-11-21(27)25(18)16-31(2,3)4/h6-10,12,14-15,17H,11,13,16H2,1-4H3/i1D3. The highest BCUT2D eigenvalue weighted by Gasteiger charge is 2.28. The molecule has 0 fully saturated rings. The summed E-state index contributed by atoms with van der Waals surface area (Å²) in [5.74, 6) is 0.327. The van der Waals surface area contributed by atoms with Gasteiger partial charge >= 0.3 is 0 Å². The van der Waals surface area contributed by atoms with E-state index in [2.05, 4.69) is 30.6 Å². The molecule has 0 atom stereocenters. The van der Waals surface area contributed by atoms with Gasteiger partial charge in [-0.15, -0.1) is 4.98 Å². The maximum atomic E-state index is 8.13. The van der Waals surface area contributed by atoms with Crippen LogP contribution in [0.2, 0.25) is 0 Å². The molecule has 6 rings (SSSR count). The van der Waals surface area contributed by atoms with E-state index in [9.17, 15) is 0 Å². The van der Waals surface area contributed by atoms with E-state index in [0.717, 1.165) is 50.0 Å². The van der Waals surface area contributed by atoms with Gasteiger partial charge in [0.2, 0.25) is 5.52 Å². The highest BCUT2D eigenvalue weighted by molar-refractivity contribution is 6.10. The van der Waals surface area contributed by atoms with Crippen LogP contribution < -0.4 is 0 Å². The number of furan rings is 1. The fourth-order valence-corrected chi connectivity index (χ4v) is 5.27. The second-order valence-corrected chi connectivity index (χ2v) is 10.5. The average Bonchev–Trinajstić information content (AvgIpc) is 3.26. The predicted molar refractivity (Wildman–Crippen MR) is 142 cm³/mol. The number of aromatic nitrogens is 2. The first kappa shape index (κ1) is 18.4. The molecular formula is C31H27N3O. The monoisotopic (exact) mass is 460 g/mol. The van der Waals surface area contributed by atoms with E-state index in [0.29, 0.717) is 41.7 Å². The van der Waals surface area contributed by atoms with Gasteiger partial charge in [0.25, 0.3) is 5.82 Å². The fourth-order valence-electron chi connectivity index (χ4n) is 5.27. The van der Waals surface area contributed by atoms with E-state index < -0.39 is 6.85 Å². The summed E-state index contributed by atoms with van der Waals surface area (Å²) in [5, 5.41) is 0.874. The van der Waals surface area contributed by atoms with Crippen LogP contribution in [0.4, 0.5) is 5.82 Å². The fraction of sp³-hybridized carbons (Fsp3) is 0.258. The Balaban J connectivity index is 1.61. The quantitative estimate of drug-likeness (QED) is 0.249. The van der Waals surface area contributed by atoms with Crippen molar-refractivity contribution in [2.24, 2.45) is 5.41 Å². The maximum Gasteiger partial charge on any atom is 0.271 e. The van der Waals surface area contributed by atoms with Crippen molar-refractivity contribution in [3.63, 3.8) is 0 Å². The number of hydrogen-bond acceptors (Lipinski definition) is 3. The SMILES string of the molecule is [2H]C([2H])([2H])c1cnc2c(c1CC(C)(C)C)CCc1c-2ccc2c1oc1c(-c3ccccc3)cc([N+]#[C-])nc12. The van der Waals surface area contributed by atoms with Crippen molar-refractivity contribution in [2.45, 2.75) is 46.9 Å². The normalized spacial score (nSPS) is 14.6. The molecule has 0 saturated heterocycles. The molecular weight excluding hydrogens is 430 g/mol. The van der Waals surface area contributed by atoms with Crippen LogP contribution in [0.1, 0.15) is 47.1 Å². The van der Waals surface area contributed by atoms with Crippen LogP contribution in [-0.4, -0.2) is 9.97 Å². The van der Waals surface area contributed by atoms with Crippen molar-refractivity contribution in [1.82, 2.24) is 9.97 Å². The van der Waals surface area contributed by atoms with Gasteiger partial charge in [-0.3, -0.25) is 4.98 Å². The molecule has 4 heteroatoms. The molecule has 4 nitrogen and oxygen atoms in total. The van der Waals surface area contributed by atoms with E-state index in [1.807, 2.05) is 42.5 Å². The van der Waals surface area contributed by atoms with Gasteiger partial charge in [-0.05, 0) is 65.9 Å². The van der Waals surface area contributed by atoms with Crippen LogP contribution in [0.5, 0.6) is 0 Å². The maximum absolute atomic E-state index is 8.13. The Morgan fingerprint density at radius 3 is 2.57 bits per heavy atom. The van der Waals surface area contributed by atoms with Gasteiger partial charge in [0.1, 0.15) is 5.58 Å². The van der Waals surface area contributed by atoms with Gasteiger partial charge in [0.05, 0.1) is 11.1 Å². The lowest BCUT2D eigenvalue weighted by Gasteiger charge is -2.26. The highest BCUT2D eigenvalue weighted by atomic mass is 16.3. The lowest BCUT2D eigenvalue weighted by Crippen LogP contribution is -2.16. The molecule has 0 amide bonds. The van der Waals surface area contributed by atoms with Crippen molar-refractivity contribution in [3.8, 4) is 22.4 Å². The number of benzene rings is 2. The Hall–Kier alpha value is -3.97. The van der Waals surface area contributed by atoms with Crippen molar-refractivity contribution in [1.29, 1.82) is 0 Å². The van der Waals surface area contributed by atoms with E-state index in [-0.39, 0.29) is 5.41 Å². The van der Waals surface area contributed by atoms with Crippen molar-refractivity contribution >= 4 is 27.9 Å². The van der Waals surface area contributed by atoms with Crippen LogP contribution >= 0.6 is 0 Å². The highest BCUT2D eigenvalue weighted by Crippen LogP contribution is 2.44. The molecule has 5 aromatic rings. The van der Waals surface area contributed by atoms with Gasteiger partial charge < -0.3 is 9.26 Å². The lowest BCUT2D eigenvalue weighted by atomic mass is 9.79. The molecule has 0 unspecified atom stereocenters. The molecule has 0 bridgehead atoms. The smallest absolute Gasteiger partial charge is 0.271 e. The van der Waals surface area contributed by atoms with Gasteiger partial charge in [0, 0.05) is 27.0 Å². The molecule has 3 aromatic heterocycles. The van der Waals surface area contributed by atoms with Crippen molar-refractivity contribution in [2.75, 3.05) is 0 Å².